The number of halogens is 1. The van der Waals surface area contributed by atoms with Gasteiger partial charge < -0.3 is 20.1 Å². The topological polar surface area (TPSA) is 76.7 Å². The van der Waals surface area contributed by atoms with Crippen molar-refractivity contribution in [1.29, 1.82) is 0 Å². The quantitative estimate of drug-likeness (QED) is 0.684. The molecule has 1 heterocycles. The van der Waals surface area contributed by atoms with E-state index in [0.29, 0.717) is 40.1 Å². The van der Waals surface area contributed by atoms with Crippen molar-refractivity contribution >= 4 is 40.4 Å². The summed E-state index contributed by atoms with van der Waals surface area (Å²) >= 11 is 7.41. The SMILES string of the molecule is COc1cc(NC(=O)CCCNC(=O)c2cccs2)c(OC)cc1Cl. The van der Waals surface area contributed by atoms with Crippen molar-refractivity contribution < 1.29 is 19.1 Å². The van der Waals surface area contributed by atoms with Crippen LogP contribution in [0.3, 0.4) is 0 Å². The van der Waals surface area contributed by atoms with Crippen molar-refractivity contribution in [1.82, 2.24) is 5.32 Å². The molecule has 0 saturated carbocycles. The number of methoxy groups -OCH3 is 2. The van der Waals surface area contributed by atoms with Crippen LogP contribution in [0.4, 0.5) is 5.69 Å². The van der Waals surface area contributed by atoms with E-state index < -0.39 is 0 Å². The van der Waals surface area contributed by atoms with Gasteiger partial charge in [0.1, 0.15) is 11.5 Å². The number of amides is 2. The summed E-state index contributed by atoms with van der Waals surface area (Å²) in [6.07, 6.45) is 0.787. The molecule has 0 aliphatic rings. The number of anilines is 1. The Morgan fingerprint density at radius 2 is 1.96 bits per heavy atom. The number of nitrogens with one attached hydrogen (secondary N) is 2. The maximum absolute atomic E-state index is 12.1. The highest BCUT2D eigenvalue weighted by atomic mass is 35.5. The lowest BCUT2D eigenvalue weighted by atomic mass is 10.2. The predicted molar refractivity (Wildman–Crippen MR) is 99.1 cm³/mol. The molecule has 8 heteroatoms. The number of rotatable bonds is 8. The van der Waals surface area contributed by atoms with E-state index in [-0.39, 0.29) is 18.2 Å². The highest BCUT2D eigenvalue weighted by molar-refractivity contribution is 7.12. The minimum absolute atomic E-state index is 0.125. The van der Waals surface area contributed by atoms with Gasteiger partial charge >= 0.3 is 0 Å². The summed E-state index contributed by atoms with van der Waals surface area (Å²) in [4.78, 5) is 24.5. The van der Waals surface area contributed by atoms with Crippen LogP contribution in [-0.2, 0) is 4.79 Å². The third kappa shape index (κ3) is 5.37. The number of thiophene rings is 1. The van der Waals surface area contributed by atoms with Crippen molar-refractivity contribution in [2.75, 3.05) is 26.1 Å². The van der Waals surface area contributed by atoms with Crippen molar-refractivity contribution in [2.24, 2.45) is 0 Å². The standard InChI is InChI=1S/C17H19ClN2O4S/c1-23-13-10-12(14(24-2)9-11(13)18)20-16(21)6-3-7-19-17(22)15-5-4-8-25-15/h4-5,8-10H,3,6-7H2,1-2H3,(H,19,22)(H,20,21). The first-order valence-corrected chi connectivity index (χ1v) is 8.84. The Hall–Kier alpha value is -2.25. The van der Waals surface area contributed by atoms with Gasteiger partial charge in [-0.25, -0.2) is 0 Å². The summed E-state index contributed by atoms with van der Waals surface area (Å²) in [5, 5.41) is 7.79. The second kappa shape index (κ2) is 9.29. The van der Waals surface area contributed by atoms with Gasteiger partial charge in [0.05, 0.1) is 29.8 Å². The molecule has 0 saturated heterocycles. The van der Waals surface area contributed by atoms with Gasteiger partial charge in [-0.05, 0) is 17.9 Å². The van der Waals surface area contributed by atoms with Gasteiger partial charge in [0.15, 0.2) is 0 Å². The summed E-state index contributed by atoms with van der Waals surface area (Å²) in [5.41, 5.74) is 0.483. The van der Waals surface area contributed by atoms with Gasteiger partial charge in [0.25, 0.3) is 5.91 Å². The number of benzene rings is 1. The lowest BCUT2D eigenvalue weighted by molar-refractivity contribution is -0.116. The van der Waals surface area contributed by atoms with E-state index in [2.05, 4.69) is 10.6 Å². The van der Waals surface area contributed by atoms with E-state index in [1.165, 1.54) is 25.6 Å². The zero-order valence-electron chi connectivity index (χ0n) is 13.9. The van der Waals surface area contributed by atoms with Gasteiger partial charge in [-0.3, -0.25) is 9.59 Å². The summed E-state index contributed by atoms with van der Waals surface area (Å²) in [6.45, 7) is 0.422. The fourth-order valence-corrected chi connectivity index (χ4v) is 2.99. The minimum Gasteiger partial charge on any atom is -0.495 e. The minimum atomic E-state index is -0.187. The molecule has 2 N–H and O–H groups in total. The van der Waals surface area contributed by atoms with E-state index in [4.69, 9.17) is 21.1 Å². The highest BCUT2D eigenvalue weighted by Crippen LogP contribution is 2.35. The molecule has 1 aromatic carbocycles. The fourth-order valence-electron chi connectivity index (χ4n) is 2.12. The van der Waals surface area contributed by atoms with Crippen LogP contribution in [-0.4, -0.2) is 32.6 Å². The maximum Gasteiger partial charge on any atom is 0.261 e. The molecule has 0 unspecified atom stereocenters. The molecule has 0 aliphatic carbocycles. The Morgan fingerprint density at radius 3 is 2.60 bits per heavy atom. The number of carbonyl (C=O) groups excluding carboxylic acids is 2. The molecule has 0 aliphatic heterocycles. The summed E-state index contributed by atoms with van der Waals surface area (Å²) in [7, 11) is 2.99. The highest BCUT2D eigenvalue weighted by Gasteiger charge is 2.13. The summed E-state index contributed by atoms with van der Waals surface area (Å²) < 4.78 is 10.4. The van der Waals surface area contributed by atoms with Crippen molar-refractivity contribution in [3.05, 3.63) is 39.5 Å². The maximum atomic E-state index is 12.1. The fraction of sp³-hybridized carbons (Fsp3) is 0.294. The van der Waals surface area contributed by atoms with Crippen LogP contribution in [0.25, 0.3) is 0 Å². The lowest BCUT2D eigenvalue weighted by Crippen LogP contribution is -2.24. The van der Waals surface area contributed by atoms with Crippen molar-refractivity contribution in [3.8, 4) is 11.5 Å². The van der Waals surface area contributed by atoms with E-state index in [1.54, 1.807) is 18.2 Å². The molecule has 0 radical (unpaired) electrons. The average molecular weight is 383 g/mol. The Labute approximate surface area is 155 Å². The number of hydrogen-bond acceptors (Lipinski definition) is 5. The lowest BCUT2D eigenvalue weighted by Gasteiger charge is -2.13. The first kappa shape index (κ1) is 19.1. The summed E-state index contributed by atoms with van der Waals surface area (Å²) in [5.74, 6) is 0.582. The zero-order chi connectivity index (χ0) is 18.2. The number of ether oxygens (including phenoxy) is 2. The monoisotopic (exact) mass is 382 g/mol. The zero-order valence-corrected chi connectivity index (χ0v) is 15.5. The van der Waals surface area contributed by atoms with Crippen LogP contribution >= 0.6 is 22.9 Å². The van der Waals surface area contributed by atoms with Gasteiger partial charge in [-0.2, -0.15) is 0 Å². The average Bonchev–Trinajstić information content (AvgIpc) is 3.14. The molecule has 1 aromatic heterocycles. The smallest absolute Gasteiger partial charge is 0.261 e. The van der Waals surface area contributed by atoms with Gasteiger partial charge in [-0.15, -0.1) is 11.3 Å². The van der Waals surface area contributed by atoms with E-state index in [0.717, 1.165) is 0 Å². The second-order valence-corrected chi connectivity index (χ2v) is 6.43. The number of hydrogen-bond donors (Lipinski definition) is 2. The molecule has 0 bridgehead atoms. The van der Waals surface area contributed by atoms with Crippen LogP contribution in [0.2, 0.25) is 5.02 Å². The third-order valence-electron chi connectivity index (χ3n) is 3.36. The normalized spacial score (nSPS) is 10.2. The molecule has 2 aromatic rings. The molecule has 2 rings (SSSR count). The van der Waals surface area contributed by atoms with Crippen LogP contribution in [0, 0.1) is 0 Å². The van der Waals surface area contributed by atoms with Crippen molar-refractivity contribution in [2.45, 2.75) is 12.8 Å². The Kier molecular flexibility index (Phi) is 7.09. The Morgan fingerprint density at radius 1 is 1.20 bits per heavy atom. The first-order valence-electron chi connectivity index (χ1n) is 7.58. The van der Waals surface area contributed by atoms with Crippen LogP contribution in [0.1, 0.15) is 22.5 Å². The third-order valence-corrected chi connectivity index (χ3v) is 4.52. The molecular formula is C17H19ClN2O4S. The van der Waals surface area contributed by atoms with E-state index >= 15 is 0 Å². The van der Waals surface area contributed by atoms with Crippen molar-refractivity contribution in [3.63, 3.8) is 0 Å². The molecule has 25 heavy (non-hydrogen) atoms. The van der Waals surface area contributed by atoms with E-state index in [1.807, 2.05) is 11.4 Å². The van der Waals surface area contributed by atoms with Crippen LogP contribution < -0.4 is 20.1 Å². The Balaban J connectivity index is 1.83. The van der Waals surface area contributed by atoms with Crippen LogP contribution in [0.15, 0.2) is 29.6 Å². The second-order valence-electron chi connectivity index (χ2n) is 5.07. The van der Waals surface area contributed by atoms with Gasteiger partial charge in [0, 0.05) is 25.1 Å². The largest absolute Gasteiger partial charge is 0.495 e. The number of carbonyl (C=O) groups is 2. The van der Waals surface area contributed by atoms with E-state index in [9.17, 15) is 9.59 Å². The molecule has 0 spiro atoms. The molecular weight excluding hydrogens is 364 g/mol. The Bertz CT molecular complexity index is 734. The van der Waals surface area contributed by atoms with Gasteiger partial charge in [0.2, 0.25) is 5.91 Å². The molecule has 0 atom stereocenters. The first-order chi connectivity index (χ1) is 12.0. The summed E-state index contributed by atoms with van der Waals surface area (Å²) in [6, 6.07) is 6.77. The molecule has 6 nitrogen and oxygen atoms in total. The van der Waals surface area contributed by atoms with Crippen LogP contribution in [0.5, 0.6) is 11.5 Å². The molecule has 134 valence electrons. The molecule has 0 fully saturated rings. The predicted octanol–water partition coefficient (Wildman–Crippen LogP) is 3.57. The molecule has 2 amide bonds. The van der Waals surface area contributed by atoms with Gasteiger partial charge in [-0.1, -0.05) is 17.7 Å².